The van der Waals surface area contributed by atoms with E-state index in [-0.39, 0.29) is 50.3 Å². The maximum absolute atomic E-state index is 14.4. The van der Waals surface area contributed by atoms with Crippen LogP contribution in [0.2, 0.25) is 0 Å². The molecule has 0 aromatic heterocycles. The Hall–Kier alpha value is -6.40. The van der Waals surface area contributed by atoms with Gasteiger partial charge in [0.05, 0.1) is 25.7 Å². The van der Waals surface area contributed by atoms with Gasteiger partial charge < -0.3 is 74.3 Å². The summed E-state index contributed by atoms with van der Waals surface area (Å²) in [5.74, 6) is -10.8. The van der Waals surface area contributed by atoms with Crippen molar-refractivity contribution < 1.29 is 80.9 Å². The fourth-order valence-corrected chi connectivity index (χ4v) is 9.44. The number of halogens is 3. The van der Waals surface area contributed by atoms with Crippen LogP contribution in [0.25, 0.3) is 0 Å². The van der Waals surface area contributed by atoms with Gasteiger partial charge in [0.1, 0.15) is 48.0 Å². The lowest BCUT2D eigenvalue weighted by Gasteiger charge is -2.31. The molecule has 25 nitrogen and oxygen atoms in total. The second-order valence-corrected chi connectivity index (χ2v) is 19.9. The van der Waals surface area contributed by atoms with E-state index in [1.807, 2.05) is 6.92 Å². The third kappa shape index (κ3) is 22.5. The third-order valence-corrected chi connectivity index (χ3v) is 13.8. The highest BCUT2D eigenvalue weighted by atomic mass is 33.1. The quantitative estimate of drug-likeness (QED) is 0.0681. The third-order valence-electron chi connectivity index (χ3n) is 11.4. The number of rotatable bonds is 18. The average Bonchev–Trinajstić information content (AvgIpc) is 3.84. The molecule has 2 aliphatic rings. The van der Waals surface area contributed by atoms with Gasteiger partial charge in [-0.1, -0.05) is 54.0 Å². The van der Waals surface area contributed by atoms with Crippen molar-refractivity contribution in [1.29, 1.82) is 0 Å². The van der Waals surface area contributed by atoms with E-state index in [2.05, 4.69) is 37.2 Å². The molecule has 10 amide bonds. The van der Waals surface area contributed by atoms with Crippen molar-refractivity contribution in [2.24, 2.45) is 23.1 Å². The first-order valence-electron chi connectivity index (χ1n) is 23.8. The summed E-state index contributed by atoms with van der Waals surface area (Å²) in [7, 11) is 2.27. The highest BCUT2D eigenvalue weighted by molar-refractivity contribution is 8.76. The van der Waals surface area contributed by atoms with Gasteiger partial charge in [-0.25, -0.2) is 4.79 Å². The lowest BCUT2D eigenvalue weighted by Crippen LogP contribution is -2.63. The van der Waals surface area contributed by atoms with Crippen LogP contribution < -0.4 is 59.2 Å². The minimum absolute atomic E-state index is 0.0243. The number of carboxylic acids is 1. The van der Waals surface area contributed by atoms with Crippen LogP contribution in [0.15, 0.2) is 24.3 Å². The number of nitrogens with one attached hydrogen (secondary N) is 7. The minimum Gasteiger partial charge on any atom is -0.494 e. The summed E-state index contributed by atoms with van der Waals surface area (Å²) in [6, 6.07) is -2.62. The Morgan fingerprint density at radius 3 is 2.04 bits per heavy atom. The summed E-state index contributed by atoms with van der Waals surface area (Å²) in [6.45, 7) is 6.72. The zero-order valence-corrected chi connectivity index (χ0v) is 43.5. The number of aliphatic carboxylic acids is 1. The van der Waals surface area contributed by atoms with E-state index in [1.54, 1.807) is 38.1 Å². The molecule has 0 spiro atoms. The summed E-state index contributed by atoms with van der Waals surface area (Å²) in [5, 5.41) is 35.8. The van der Waals surface area contributed by atoms with Crippen molar-refractivity contribution in [2.45, 2.75) is 134 Å². The van der Waals surface area contributed by atoms with Gasteiger partial charge in [-0.2, -0.15) is 13.2 Å². The summed E-state index contributed by atoms with van der Waals surface area (Å²) in [5.41, 5.74) is 17.0. The number of ether oxygens (including phenoxy) is 1. The summed E-state index contributed by atoms with van der Waals surface area (Å²) >= 11 is 0. The highest BCUT2D eigenvalue weighted by Crippen LogP contribution is 2.26. The van der Waals surface area contributed by atoms with Crippen molar-refractivity contribution in [1.82, 2.24) is 42.1 Å². The Morgan fingerprint density at radius 2 is 1.48 bits per heavy atom. The minimum atomic E-state index is -5.08. The molecule has 2 fully saturated rings. The monoisotopic (exact) mass is 1110 g/mol. The SMILES string of the molecule is CCOc1ccc(C[C@H]2NC(=O)CCSSC[C@H](C(=O)N3CCC[C@H]3C(=O)N[C@@H](CCCN)C(=O)NCC(N)=O)NC(=O)[C@H](CC(N)=O)NC(=O)[C@H]([C@@H](C)O)NC(=O)[C@H]([C@@H](C)CC)NC2=O)cc1.O=C(O)C(F)(F)F. The fourth-order valence-electron chi connectivity index (χ4n) is 7.29. The van der Waals surface area contributed by atoms with E-state index in [9.17, 15) is 66.2 Å². The first-order chi connectivity index (χ1) is 35.2. The zero-order valence-electron chi connectivity index (χ0n) is 41.8. The van der Waals surface area contributed by atoms with E-state index in [0.29, 0.717) is 37.2 Å². The zero-order chi connectivity index (χ0) is 56.6. The van der Waals surface area contributed by atoms with Crippen LogP contribution in [0.3, 0.4) is 0 Å². The molecule has 0 radical (unpaired) electrons. The number of primary amides is 2. The molecular weight excluding hydrogens is 1040 g/mol. The number of hydrogen-bond acceptors (Lipinski definition) is 16. The second kappa shape index (κ2) is 32.1. The number of amides is 10. The Balaban J connectivity index is 0.00000256. The smallest absolute Gasteiger partial charge is 0.490 e. The molecule has 2 aliphatic heterocycles. The van der Waals surface area contributed by atoms with Crippen molar-refractivity contribution in [3.05, 3.63) is 29.8 Å². The van der Waals surface area contributed by atoms with Gasteiger partial charge in [0.15, 0.2) is 0 Å². The molecule has 0 aliphatic carbocycles. The summed E-state index contributed by atoms with van der Waals surface area (Å²) < 4.78 is 37.3. The molecule has 15 N–H and O–H groups in total. The van der Waals surface area contributed by atoms with Crippen LogP contribution in [-0.4, -0.2) is 172 Å². The van der Waals surface area contributed by atoms with Crippen LogP contribution in [0.1, 0.15) is 78.2 Å². The van der Waals surface area contributed by atoms with Crippen LogP contribution in [0, 0.1) is 5.92 Å². The van der Waals surface area contributed by atoms with Gasteiger partial charge in [-0.15, -0.1) is 0 Å². The van der Waals surface area contributed by atoms with E-state index in [0.717, 1.165) is 10.8 Å². The molecule has 9 atom stereocenters. The number of likely N-dealkylation sites (tertiary alicyclic amines) is 1. The number of nitrogens with two attached hydrogens (primary N) is 3. The van der Waals surface area contributed by atoms with Crippen molar-refractivity contribution in [3.8, 4) is 5.75 Å². The molecule has 30 heteroatoms. The topological polar surface area (TPSA) is 403 Å². The maximum Gasteiger partial charge on any atom is 0.490 e. The number of carboxylic acid groups (broad SMARTS) is 1. The Labute approximate surface area is 438 Å². The lowest BCUT2D eigenvalue weighted by molar-refractivity contribution is -0.192. The molecule has 3 rings (SSSR count). The molecule has 0 bridgehead atoms. The highest BCUT2D eigenvalue weighted by Gasteiger charge is 2.41. The number of aliphatic hydroxyl groups excluding tert-OH is 1. The molecule has 0 saturated carbocycles. The molecule has 420 valence electrons. The van der Waals surface area contributed by atoms with Crippen molar-refractivity contribution in [2.75, 3.05) is 37.7 Å². The molecular formula is C45H68F3N11O14S2. The first-order valence-corrected chi connectivity index (χ1v) is 26.3. The van der Waals surface area contributed by atoms with E-state index < -0.39 is 138 Å². The van der Waals surface area contributed by atoms with Crippen molar-refractivity contribution >= 4 is 86.6 Å². The summed E-state index contributed by atoms with van der Waals surface area (Å²) in [4.78, 5) is 144. The molecule has 1 aromatic rings. The number of alkyl halides is 3. The molecule has 2 saturated heterocycles. The van der Waals surface area contributed by atoms with Gasteiger partial charge in [0.25, 0.3) is 0 Å². The summed E-state index contributed by atoms with van der Waals surface area (Å²) in [6.07, 6.45) is -6.14. The average molecular weight is 1110 g/mol. The number of aliphatic hydroxyl groups is 1. The second-order valence-electron chi connectivity index (χ2n) is 17.3. The van der Waals surface area contributed by atoms with Gasteiger partial charge in [-0.05, 0) is 69.7 Å². The fraction of sp³-hybridized carbons (Fsp3) is 0.622. The Bertz CT molecular complexity index is 2160. The van der Waals surface area contributed by atoms with Crippen LogP contribution in [0.4, 0.5) is 13.2 Å². The number of benzene rings is 1. The number of carbonyl (C=O) groups is 11. The molecule has 0 unspecified atom stereocenters. The van der Waals surface area contributed by atoms with Crippen LogP contribution in [0.5, 0.6) is 5.75 Å². The predicted molar refractivity (Wildman–Crippen MR) is 266 cm³/mol. The number of hydrogen-bond donors (Lipinski definition) is 12. The number of nitrogens with zero attached hydrogens (tertiary/aromatic N) is 1. The van der Waals surface area contributed by atoms with Crippen LogP contribution in [-0.2, 0) is 59.2 Å². The molecule has 1 aromatic carbocycles. The van der Waals surface area contributed by atoms with E-state index in [4.69, 9.17) is 31.8 Å². The van der Waals surface area contributed by atoms with Gasteiger partial charge >= 0.3 is 12.1 Å². The van der Waals surface area contributed by atoms with Gasteiger partial charge in [0, 0.05) is 30.9 Å². The Kier molecular flexibility index (Phi) is 27.7. The predicted octanol–water partition coefficient (Wildman–Crippen LogP) is -2.41. The molecule has 75 heavy (non-hydrogen) atoms. The lowest BCUT2D eigenvalue weighted by atomic mass is 9.96. The standard InChI is InChI=1S/C43H67N11O12S2.C2HF3O2/c1-5-23(3)35-41(63)53-36(24(4)55)42(64)50-29(20-32(45)56)38(60)51-30(43(65)54-17-8-10-31(54)40(62)49-27(9-7-16-44)37(59)47-21-33(46)57)22-68-67-18-15-34(58)48-28(39(61)52-35)19-25-11-13-26(14-12-25)66-6-2;3-2(4,5)1(6)7/h11-14,23-24,27-31,35-36,55H,5-10,15-22,44H2,1-4H3,(H2,45,56)(H2,46,57)(H,47,59)(H,48,58)(H,49,62)(H,50,64)(H,51,60)(H,52,61)(H,53,63);(H,6,7)/t23-,24+,27-,28+,29-,30+,31-,35-,36-;/m0./s1. The van der Waals surface area contributed by atoms with Gasteiger partial charge in [0.2, 0.25) is 59.1 Å². The van der Waals surface area contributed by atoms with Gasteiger partial charge in [-0.3, -0.25) is 47.9 Å². The van der Waals surface area contributed by atoms with E-state index >= 15 is 0 Å². The maximum atomic E-state index is 14.4. The van der Waals surface area contributed by atoms with Crippen LogP contribution >= 0.6 is 21.6 Å². The normalized spacial score (nSPS) is 22.6. The largest absolute Gasteiger partial charge is 0.494 e. The molecule has 2 heterocycles. The Morgan fingerprint density at radius 1 is 0.867 bits per heavy atom. The van der Waals surface area contributed by atoms with Crippen molar-refractivity contribution in [3.63, 3.8) is 0 Å². The van der Waals surface area contributed by atoms with E-state index in [1.165, 1.54) is 22.6 Å². The number of carbonyl (C=O) groups excluding carboxylic acids is 10. The first kappa shape index (κ1) is 64.7.